The Labute approximate surface area is 66.5 Å². The average Bonchev–Trinajstić information content (AvgIpc) is 2.07. The van der Waals surface area contributed by atoms with E-state index in [1.165, 1.54) is 0 Å². The zero-order valence-electron chi connectivity index (χ0n) is 6.45. The second kappa shape index (κ2) is 4.50. The van der Waals surface area contributed by atoms with E-state index < -0.39 is 0 Å². The van der Waals surface area contributed by atoms with Gasteiger partial charge in [0.05, 0.1) is 6.20 Å². The number of allylic oxidation sites excluding steroid dienone is 1. The first-order chi connectivity index (χ1) is 5.43. The Balaban J connectivity index is 2.39. The van der Waals surface area contributed by atoms with Gasteiger partial charge in [0.1, 0.15) is 6.61 Å². The first-order valence-corrected chi connectivity index (χ1v) is 3.50. The molecule has 1 aromatic rings. The predicted octanol–water partition coefficient (Wildman–Crippen LogP) is 1.84. The van der Waals surface area contributed by atoms with Gasteiger partial charge in [0, 0.05) is 6.07 Å². The fourth-order valence-electron chi connectivity index (χ4n) is 0.622. The number of aromatic nitrogens is 1. The molecule has 2 heteroatoms. The highest BCUT2D eigenvalue weighted by atomic mass is 16.5. The predicted molar refractivity (Wildman–Crippen MR) is 43.4 cm³/mol. The molecule has 0 atom stereocenters. The van der Waals surface area contributed by atoms with Crippen LogP contribution >= 0.6 is 0 Å². The molecule has 1 heterocycles. The summed E-state index contributed by atoms with van der Waals surface area (Å²) < 4.78 is 5.22. The first kappa shape index (κ1) is 7.79. The smallest absolute Gasteiger partial charge is 0.214 e. The minimum atomic E-state index is 0.571. The van der Waals surface area contributed by atoms with Crippen LogP contribution < -0.4 is 4.74 Å². The van der Waals surface area contributed by atoms with E-state index >= 15 is 0 Å². The van der Waals surface area contributed by atoms with Crippen LogP contribution in [0.2, 0.25) is 0 Å². The summed E-state index contributed by atoms with van der Waals surface area (Å²) in [5.74, 6) is 0.616. The van der Waals surface area contributed by atoms with Crippen LogP contribution in [0.3, 0.4) is 0 Å². The molecule has 0 saturated heterocycles. The van der Waals surface area contributed by atoms with Crippen molar-refractivity contribution in [3.8, 4) is 5.88 Å². The van der Waals surface area contributed by atoms with Gasteiger partial charge in [0.2, 0.25) is 5.88 Å². The molecule has 0 aromatic carbocycles. The molecule has 57 valence electrons. The third-order valence-corrected chi connectivity index (χ3v) is 1.15. The van der Waals surface area contributed by atoms with Crippen LogP contribution in [-0.4, -0.2) is 11.6 Å². The minimum Gasteiger partial charge on any atom is -0.473 e. The molecule has 0 aliphatic carbocycles. The maximum Gasteiger partial charge on any atom is 0.214 e. The van der Waals surface area contributed by atoms with Crippen LogP contribution in [0.5, 0.6) is 5.88 Å². The Morgan fingerprint density at radius 3 is 3.27 bits per heavy atom. The van der Waals surface area contributed by atoms with Gasteiger partial charge in [0.15, 0.2) is 0 Å². The van der Waals surface area contributed by atoms with Crippen molar-refractivity contribution in [1.29, 1.82) is 0 Å². The largest absolute Gasteiger partial charge is 0.473 e. The Morgan fingerprint density at radius 2 is 2.64 bits per heavy atom. The van der Waals surface area contributed by atoms with Crippen LogP contribution in [0.1, 0.15) is 6.92 Å². The van der Waals surface area contributed by atoms with Gasteiger partial charge in [-0.15, -0.1) is 0 Å². The summed E-state index contributed by atoms with van der Waals surface area (Å²) in [5, 5.41) is 0. The maximum atomic E-state index is 5.22. The third-order valence-electron chi connectivity index (χ3n) is 1.15. The quantitative estimate of drug-likeness (QED) is 0.610. The van der Waals surface area contributed by atoms with Crippen LogP contribution in [0.4, 0.5) is 0 Å². The van der Waals surface area contributed by atoms with Gasteiger partial charge in [-0.2, -0.15) is 0 Å². The fourth-order valence-corrected chi connectivity index (χ4v) is 0.622. The first-order valence-electron chi connectivity index (χ1n) is 3.50. The monoisotopic (exact) mass is 148 g/mol. The Bertz CT molecular complexity index is 218. The highest BCUT2D eigenvalue weighted by molar-refractivity contribution is 5.08. The second-order valence-electron chi connectivity index (χ2n) is 1.98. The maximum absolute atomic E-state index is 5.22. The molecule has 0 amide bonds. The lowest BCUT2D eigenvalue weighted by Gasteiger charge is -1.98. The number of hydrogen-bond donors (Lipinski definition) is 0. The van der Waals surface area contributed by atoms with Gasteiger partial charge in [-0.1, -0.05) is 18.2 Å². The van der Waals surface area contributed by atoms with E-state index in [1.807, 2.05) is 25.1 Å². The number of nitrogens with zero attached hydrogens (tertiary/aromatic N) is 1. The summed E-state index contributed by atoms with van der Waals surface area (Å²) >= 11 is 0. The SMILES string of the molecule is CC=CCOc1ccc[c]n1. The molecular formula is C9H10NO. The Hall–Kier alpha value is -1.31. The van der Waals surface area contributed by atoms with Crippen LogP contribution in [0.25, 0.3) is 0 Å². The van der Waals surface area contributed by atoms with Crippen molar-refractivity contribution in [3.05, 3.63) is 36.5 Å². The summed E-state index contributed by atoms with van der Waals surface area (Å²) in [6, 6.07) is 5.39. The van der Waals surface area contributed by atoms with Crippen molar-refractivity contribution in [2.24, 2.45) is 0 Å². The fraction of sp³-hybridized carbons (Fsp3) is 0.222. The molecule has 0 aliphatic rings. The zero-order valence-corrected chi connectivity index (χ0v) is 6.45. The molecule has 1 radical (unpaired) electrons. The summed E-state index contributed by atoms with van der Waals surface area (Å²) in [7, 11) is 0. The van der Waals surface area contributed by atoms with Gasteiger partial charge in [-0.25, -0.2) is 4.98 Å². The topological polar surface area (TPSA) is 22.1 Å². The summed E-state index contributed by atoms with van der Waals surface area (Å²) in [6.45, 7) is 2.52. The second-order valence-corrected chi connectivity index (χ2v) is 1.98. The highest BCUT2D eigenvalue weighted by Crippen LogP contribution is 2.01. The molecular weight excluding hydrogens is 138 g/mol. The molecule has 11 heavy (non-hydrogen) atoms. The minimum absolute atomic E-state index is 0.571. The molecule has 0 spiro atoms. The van der Waals surface area contributed by atoms with Crippen molar-refractivity contribution in [1.82, 2.24) is 4.98 Å². The van der Waals surface area contributed by atoms with E-state index in [2.05, 4.69) is 11.2 Å². The zero-order chi connectivity index (χ0) is 7.94. The van der Waals surface area contributed by atoms with Crippen LogP contribution in [-0.2, 0) is 0 Å². The van der Waals surface area contributed by atoms with Gasteiger partial charge >= 0.3 is 0 Å². The number of pyridine rings is 1. The molecule has 0 unspecified atom stereocenters. The normalized spacial score (nSPS) is 10.3. The standard InChI is InChI=1S/C9H10NO/c1-2-3-8-11-9-6-4-5-7-10-9/h2-6H,8H2,1H3. The van der Waals surface area contributed by atoms with Crippen molar-refractivity contribution in [2.75, 3.05) is 6.61 Å². The molecule has 0 bridgehead atoms. The van der Waals surface area contributed by atoms with E-state index in [0.717, 1.165) is 0 Å². The van der Waals surface area contributed by atoms with Crippen LogP contribution in [0.15, 0.2) is 30.4 Å². The Morgan fingerprint density at radius 1 is 1.73 bits per heavy atom. The molecule has 1 aromatic heterocycles. The van der Waals surface area contributed by atoms with Crippen LogP contribution in [0, 0.1) is 6.20 Å². The number of hydrogen-bond acceptors (Lipinski definition) is 2. The van der Waals surface area contributed by atoms with E-state index in [-0.39, 0.29) is 0 Å². The summed E-state index contributed by atoms with van der Waals surface area (Å²) in [6.07, 6.45) is 6.55. The van der Waals surface area contributed by atoms with Gasteiger partial charge < -0.3 is 4.74 Å². The lowest BCUT2D eigenvalue weighted by Crippen LogP contribution is -1.94. The lowest BCUT2D eigenvalue weighted by molar-refractivity contribution is 0.348. The van der Waals surface area contributed by atoms with Crippen molar-refractivity contribution in [3.63, 3.8) is 0 Å². The number of ether oxygens (including phenoxy) is 1. The average molecular weight is 148 g/mol. The third kappa shape index (κ3) is 2.85. The molecule has 2 nitrogen and oxygen atoms in total. The summed E-state index contributed by atoms with van der Waals surface area (Å²) in [4.78, 5) is 3.87. The van der Waals surface area contributed by atoms with Gasteiger partial charge in [0.25, 0.3) is 0 Å². The molecule has 0 fully saturated rings. The van der Waals surface area contributed by atoms with E-state index in [0.29, 0.717) is 12.5 Å². The van der Waals surface area contributed by atoms with Crippen molar-refractivity contribution in [2.45, 2.75) is 6.92 Å². The van der Waals surface area contributed by atoms with E-state index in [1.54, 1.807) is 12.1 Å². The van der Waals surface area contributed by atoms with Crippen molar-refractivity contribution < 1.29 is 4.74 Å². The lowest BCUT2D eigenvalue weighted by atomic mass is 10.5. The van der Waals surface area contributed by atoms with E-state index in [9.17, 15) is 0 Å². The molecule has 1 rings (SSSR count). The molecule has 0 saturated carbocycles. The Kier molecular flexibility index (Phi) is 3.19. The van der Waals surface area contributed by atoms with E-state index in [4.69, 9.17) is 4.74 Å². The van der Waals surface area contributed by atoms with Gasteiger partial charge in [-0.3, -0.25) is 0 Å². The molecule has 0 N–H and O–H groups in total. The summed E-state index contributed by atoms with van der Waals surface area (Å²) in [5.41, 5.74) is 0. The number of rotatable bonds is 3. The van der Waals surface area contributed by atoms with Gasteiger partial charge in [-0.05, 0) is 13.0 Å². The highest BCUT2D eigenvalue weighted by Gasteiger charge is 1.87. The van der Waals surface area contributed by atoms with Crippen molar-refractivity contribution >= 4 is 0 Å². The molecule has 0 aliphatic heterocycles.